The zero-order valence-corrected chi connectivity index (χ0v) is 14.2. The second-order valence-electron chi connectivity index (χ2n) is 5.92. The second-order valence-corrected chi connectivity index (χ2v) is 6.33. The average molecular weight is 381 g/mol. The van der Waals surface area contributed by atoms with Gasteiger partial charge in [0, 0.05) is 11.3 Å². The van der Waals surface area contributed by atoms with Crippen LogP contribution in [0.2, 0.25) is 5.02 Å². The van der Waals surface area contributed by atoms with Gasteiger partial charge >= 0.3 is 6.09 Å². The molecule has 2 amide bonds. The van der Waals surface area contributed by atoms with Crippen LogP contribution in [0.4, 0.5) is 19.3 Å². The molecule has 0 saturated carbocycles. The lowest BCUT2D eigenvalue weighted by Crippen LogP contribution is -2.26. The summed E-state index contributed by atoms with van der Waals surface area (Å²) in [5.74, 6) is -1.05. The highest BCUT2D eigenvalue weighted by atomic mass is 35.5. The number of fused-ring (bicyclic) bond motifs is 1. The van der Waals surface area contributed by atoms with Gasteiger partial charge in [-0.2, -0.15) is 0 Å². The zero-order valence-electron chi connectivity index (χ0n) is 13.5. The van der Waals surface area contributed by atoms with Gasteiger partial charge in [-0.25, -0.2) is 13.6 Å². The standard InChI is InChI=1S/C18H15ClF2N2O3/c19-13-7-10(2-5-14(13)21)22-17(24)12-3-1-9(8-20)16-11(12)4-6-15(16)23-18(25)26/h1-3,5,7,15,23H,4,6,8H2,(H,22,24)(H,25,26). The number of alkyl halides is 1. The van der Waals surface area contributed by atoms with Gasteiger partial charge in [-0.15, -0.1) is 0 Å². The fourth-order valence-electron chi connectivity index (χ4n) is 3.24. The molecular weight excluding hydrogens is 366 g/mol. The molecule has 0 heterocycles. The maximum Gasteiger partial charge on any atom is 0.405 e. The Morgan fingerprint density at radius 1 is 1.27 bits per heavy atom. The SMILES string of the molecule is O=C(O)NC1CCc2c(C(=O)Nc3ccc(F)c(Cl)c3)ccc(CF)c21. The summed E-state index contributed by atoms with van der Waals surface area (Å²) in [5, 5.41) is 13.8. The van der Waals surface area contributed by atoms with Crippen LogP contribution in [0.25, 0.3) is 0 Å². The van der Waals surface area contributed by atoms with Gasteiger partial charge < -0.3 is 15.7 Å². The molecule has 8 heteroatoms. The van der Waals surface area contributed by atoms with E-state index in [9.17, 15) is 18.4 Å². The van der Waals surface area contributed by atoms with Gasteiger partial charge in [0.2, 0.25) is 0 Å². The summed E-state index contributed by atoms with van der Waals surface area (Å²) in [6.45, 7) is -0.754. The highest BCUT2D eigenvalue weighted by Crippen LogP contribution is 2.37. The molecule has 0 aromatic heterocycles. The highest BCUT2D eigenvalue weighted by Gasteiger charge is 2.30. The highest BCUT2D eigenvalue weighted by molar-refractivity contribution is 6.31. The smallest absolute Gasteiger partial charge is 0.405 e. The first kappa shape index (κ1) is 18.1. The molecule has 0 saturated heterocycles. The normalized spacial score (nSPS) is 15.4. The van der Waals surface area contributed by atoms with Gasteiger partial charge in [-0.1, -0.05) is 17.7 Å². The van der Waals surface area contributed by atoms with Crippen molar-refractivity contribution in [2.75, 3.05) is 5.32 Å². The number of carbonyl (C=O) groups excluding carboxylic acids is 1. The summed E-state index contributed by atoms with van der Waals surface area (Å²) in [4.78, 5) is 23.6. The van der Waals surface area contributed by atoms with Crippen molar-refractivity contribution in [3.8, 4) is 0 Å². The molecule has 3 rings (SSSR count). The maximum atomic E-state index is 13.3. The van der Waals surface area contributed by atoms with E-state index in [0.29, 0.717) is 40.8 Å². The van der Waals surface area contributed by atoms with E-state index < -0.39 is 30.5 Å². The molecule has 136 valence electrons. The minimum Gasteiger partial charge on any atom is -0.465 e. The Balaban J connectivity index is 1.93. The first-order chi connectivity index (χ1) is 12.4. The molecule has 0 spiro atoms. The van der Waals surface area contributed by atoms with E-state index in [1.807, 2.05) is 0 Å². The number of hydrogen-bond acceptors (Lipinski definition) is 2. The summed E-state index contributed by atoms with van der Waals surface area (Å²) in [6, 6.07) is 6.25. The number of benzene rings is 2. The van der Waals surface area contributed by atoms with Crippen LogP contribution in [0.3, 0.4) is 0 Å². The number of hydrogen-bond donors (Lipinski definition) is 3. The number of carbonyl (C=O) groups is 2. The van der Waals surface area contributed by atoms with Crippen LogP contribution in [-0.4, -0.2) is 17.1 Å². The first-order valence-electron chi connectivity index (χ1n) is 7.87. The first-order valence-corrected chi connectivity index (χ1v) is 8.25. The molecule has 0 radical (unpaired) electrons. The maximum absolute atomic E-state index is 13.3. The number of rotatable bonds is 4. The van der Waals surface area contributed by atoms with Gasteiger partial charge in [0.15, 0.2) is 0 Å². The second kappa shape index (κ2) is 7.29. The number of amides is 2. The molecular formula is C18H15ClF2N2O3. The third-order valence-corrected chi connectivity index (χ3v) is 4.63. The molecule has 26 heavy (non-hydrogen) atoms. The lowest BCUT2D eigenvalue weighted by atomic mass is 9.96. The molecule has 5 nitrogen and oxygen atoms in total. The minimum absolute atomic E-state index is 0.119. The molecule has 2 aromatic rings. The van der Waals surface area contributed by atoms with Gasteiger partial charge in [0.05, 0.1) is 11.1 Å². The summed E-state index contributed by atoms with van der Waals surface area (Å²) < 4.78 is 26.6. The number of carboxylic acid groups (broad SMARTS) is 1. The summed E-state index contributed by atoms with van der Waals surface area (Å²) in [5.41, 5.74) is 2.14. The van der Waals surface area contributed by atoms with Gasteiger partial charge in [0.1, 0.15) is 12.5 Å². The van der Waals surface area contributed by atoms with Gasteiger partial charge in [-0.3, -0.25) is 4.79 Å². The molecule has 1 atom stereocenters. The summed E-state index contributed by atoms with van der Waals surface area (Å²) in [7, 11) is 0. The fourth-order valence-corrected chi connectivity index (χ4v) is 3.43. The largest absolute Gasteiger partial charge is 0.465 e. The van der Waals surface area contributed by atoms with Crippen molar-refractivity contribution in [2.45, 2.75) is 25.6 Å². The molecule has 1 aliphatic carbocycles. The molecule has 2 aromatic carbocycles. The van der Waals surface area contributed by atoms with E-state index in [1.165, 1.54) is 24.3 Å². The lowest BCUT2D eigenvalue weighted by Gasteiger charge is -2.16. The van der Waals surface area contributed by atoms with Crippen molar-refractivity contribution in [3.05, 3.63) is 63.4 Å². The van der Waals surface area contributed by atoms with Crippen LogP contribution in [0, 0.1) is 5.82 Å². The zero-order chi connectivity index (χ0) is 18.8. The van der Waals surface area contributed by atoms with E-state index in [-0.39, 0.29) is 5.02 Å². The Bertz CT molecular complexity index is 889. The summed E-state index contributed by atoms with van der Waals surface area (Å²) in [6.07, 6.45) is -0.314. The van der Waals surface area contributed by atoms with Gasteiger partial charge in [-0.05, 0) is 53.8 Å². The Kier molecular flexibility index (Phi) is 5.08. The lowest BCUT2D eigenvalue weighted by molar-refractivity contribution is 0.102. The monoisotopic (exact) mass is 380 g/mol. The Morgan fingerprint density at radius 2 is 2.04 bits per heavy atom. The van der Waals surface area contributed by atoms with Crippen molar-refractivity contribution < 1.29 is 23.5 Å². The molecule has 1 aliphatic rings. The van der Waals surface area contributed by atoms with Crippen LogP contribution >= 0.6 is 11.6 Å². The molecule has 0 fully saturated rings. The van der Waals surface area contributed by atoms with E-state index in [4.69, 9.17) is 16.7 Å². The Hall–Kier alpha value is -2.67. The van der Waals surface area contributed by atoms with Crippen LogP contribution < -0.4 is 10.6 Å². The third kappa shape index (κ3) is 3.48. The van der Waals surface area contributed by atoms with E-state index in [1.54, 1.807) is 0 Å². The molecule has 0 aliphatic heterocycles. The van der Waals surface area contributed by atoms with E-state index in [2.05, 4.69) is 10.6 Å². The van der Waals surface area contributed by atoms with Crippen molar-refractivity contribution in [1.82, 2.24) is 5.32 Å². The van der Waals surface area contributed by atoms with E-state index in [0.717, 1.165) is 6.07 Å². The predicted molar refractivity (Wildman–Crippen MR) is 92.8 cm³/mol. The van der Waals surface area contributed by atoms with E-state index >= 15 is 0 Å². The molecule has 1 unspecified atom stereocenters. The van der Waals surface area contributed by atoms with Crippen LogP contribution in [-0.2, 0) is 13.1 Å². The topological polar surface area (TPSA) is 78.4 Å². The van der Waals surface area contributed by atoms with Crippen molar-refractivity contribution in [2.24, 2.45) is 0 Å². The van der Waals surface area contributed by atoms with Crippen molar-refractivity contribution in [1.29, 1.82) is 0 Å². The van der Waals surface area contributed by atoms with Gasteiger partial charge in [0.25, 0.3) is 5.91 Å². The number of nitrogens with one attached hydrogen (secondary N) is 2. The minimum atomic E-state index is -1.21. The van der Waals surface area contributed by atoms with Crippen LogP contribution in [0.5, 0.6) is 0 Å². The molecule has 3 N–H and O–H groups in total. The van der Waals surface area contributed by atoms with Crippen LogP contribution in [0.1, 0.15) is 39.5 Å². The Labute approximate surface area is 153 Å². The van der Waals surface area contributed by atoms with Crippen LogP contribution in [0.15, 0.2) is 30.3 Å². The fraction of sp³-hybridized carbons (Fsp3) is 0.222. The quantitative estimate of drug-likeness (QED) is 0.733. The third-order valence-electron chi connectivity index (χ3n) is 4.34. The predicted octanol–water partition coefficient (Wildman–Crippen LogP) is 4.46. The summed E-state index contributed by atoms with van der Waals surface area (Å²) >= 11 is 5.71. The van der Waals surface area contributed by atoms with Crippen molar-refractivity contribution >= 4 is 29.3 Å². The Morgan fingerprint density at radius 3 is 2.69 bits per heavy atom. The molecule has 0 bridgehead atoms. The number of halogens is 3. The van der Waals surface area contributed by atoms with Crippen molar-refractivity contribution in [3.63, 3.8) is 0 Å². The number of anilines is 1. The average Bonchev–Trinajstić information content (AvgIpc) is 3.00.